The van der Waals surface area contributed by atoms with Crippen LogP contribution in [0.3, 0.4) is 0 Å². The van der Waals surface area contributed by atoms with Crippen molar-refractivity contribution in [3.63, 3.8) is 0 Å². The van der Waals surface area contributed by atoms with Gasteiger partial charge in [-0.2, -0.15) is 0 Å². The Morgan fingerprint density at radius 3 is 2.74 bits per heavy atom. The molecule has 2 N–H and O–H groups in total. The number of hydrogen-bond acceptors (Lipinski definition) is 2. The molecule has 0 saturated carbocycles. The number of rotatable bonds is 4. The van der Waals surface area contributed by atoms with E-state index in [4.69, 9.17) is 0 Å². The zero-order valence-corrected chi connectivity index (χ0v) is 11.9. The first-order valence-electron chi connectivity index (χ1n) is 6.45. The van der Waals surface area contributed by atoms with Gasteiger partial charge in [-0.05, 0) is 32.5 Å². The highest BCUT2D eigenvalue weighted by atomic mass is 16.2. The van der Waals surface area contributed by atoms with E-state index in [1.54, 1.807) is 11.9 Å². The van der Waals surface area contributed by atoms with Crippen LogP contribution in [-0.2, 0) is 11.3 Å². The number of carbonyl (C=O) groups excluding carboxylic acids is 1. The highest BCUT2D eigenvalue weighted by Crippen LogP contribution is 2.19. The van der Waals surface area contributed by atoms with Crippen molar-refractivity contribution in [1.29, 1.82) is 0 Å². The first-order valence-corrected chi connectivity index (χ1v) is 6.45. The van der Waals surface area contributed by atoms with E-state index in [0.717, 1.165) is 11.1 Å². The molecule has 0 spiro atoms. The largest absolute Gasteiger partial charge is 0.361 e. The van der Waals surface area contributed by atoms with Crippen molar-refractivity contribution in [1.82, 2.24) is 15.2 Å². The van der Waals surface area contributed by atoms with Crippen LogP contribution in [0.25, 0.3) is 10.9 Å². The number of nitrogens with one attached hydrogen (secondary N) is 2. The summed E-state index contributed by atoms with van der Waals surface area (Å²) in [5, 5.41) is 4.21. The summed E-state index contributed by atoms with van der Waals surface area (Å²) in [6.07, 6.45) is 1.97. The number of hydrogen-bond donors (Lipinski definition) is 2. The van der Waals surface area contributed by atoms with Crippen molar-refractivity contribution < 1.29 is 4.79 Å². The van der Waals surface area contributed by atoms with Gasteiger partial charge in [-0.15, -0.1) is 0 Å². The van der Waals surface area contributed by atoms with Crippen LogP contribution in [0.15, 0.2) is 30.5 Å². The molecule has 0 atom stereocenters. The number of likely N-dealkylation sites (N-methyl/N-ethyl adjacent to an activating group) is 2. The third kappa shape index (κ3) is 2.63. The quantitative estimate of drug-likeness (QED) is 0.883. The van der Waals surface area contributed by atoms with Gasteiger partial charge >= 0.3 is 0 Å². The fourth-order valence-corrected chi connectivity index (χ4v) is 2.17. The molecule has 1 aromatic heterocycles. The van der Waals surface area contributed by atoms with Crippen LogP contribution in [-0.4, -0.2) is 35.4 Å². The number of carbonyl (C=O) groups is 1. The molecule has 1 heterocycles. The highest BCUT2D eigenvalue weighted by molar-refractivity contribution is 5.87. The van der Waals surface area contributed by atoms with Gasteiger partial charge in [-0.25, -0.2) is 0 Å². The molecular weight excluding hydrogens is 238 g/mol. The number of nitrogens with zero attached hydrogens (tertiary/aromatic N) is 1. The molecule has 2 aromatic rings. The Balaban J connectivity index is 2.19. The molecule has 0 aliphatic rings. The number of aromatic nitrogens is 1. The Morgan fingerprint density at radius 2 is 2.05 bits per heavy atom. The summed E-state index contributed by atoms with van der Waals surface area (Å²) in [6, 6.07) is 8.13. The number of benzene rings is 1. The van der Waals surface area contributed by atoms with Crippen LogP contribution in [0, 0.1) is 0 Å². The summed E-state index contributed by atoms with van der Waals surface area (Å²) in [7, 11) is 3.64. The molecule has 0 unspecified atom stereocenters. The lowest BCUT2D eigenvalue weighted by molar-refractivity contribution is -0.136. The van der Waals surface area contributed by atoms with E-state index >= 15 is 0 Å². The number of H-pyrrole nitrogens is 1. The Labute approximate surface area is 113 Å². The lowest BCUT2D eigenvalue weighted by Gasteiger charge is -2.28. The molecule has 0 radical (unpaired) electrons. The van der Waals surface area contributed by atoms with Crippen molar-refractivity contribution in [3.8, 4) is 0 Å². The molecule has 0 fully saturated rings. The van der Waals surface area contributed by atoms with E-state index in [9.17, 15) is 4.79 Å². The van der Waals surface area contributed by atoms with E-state index < -0.39 is 5.54 Å². The molecule has 1 aromatic carbocycles. The lowest BCUT2D eigenvalue weighted by atomic mass is 10.0. The Kier molecular flexibility index (Phi) is 3.62. The monoisotopic (exact) mass is 259 g/mol. The fourth-order valence-electron chi connectivity index (χ4n) is 2.17. The Bertz CT molecular complexity index is 586. The van der Waals surface area contributed by atoms with Crippen molar-refractivity contribution >= 4 is 16.8 Å². The van der Waals surface area contributed by atoms with Gasteiger partial charge in [0.15, 0.2) is 0 Å². The van der Waals surface area contributed by atoms with Gasteiger partial charge in [0.05, 0.1) is 5.54 Å². The summed E-state index contributed by atoms with van der Waals surface area (Å²) in [5.74, 6) is 0.0836. The number of aromatic amines is 1. The molecular formula is C15H21N3O. The Morgan fingerprint density at radius 1 is 1.37 bits per heavy atom. The third-order valence-electron chi connectivity index (χ3n) is 3.59. The van der Waals surface area contributed by atoms with Gasteiger partial charge in [-0.3, -0.25) is 4.79 Å². The molecule has 0 aliphatic carbocycles. The summed E-state index contributed by atoms with van der Waals surface area (Å²) < 4.78 is 0. The second-order valence-electron chi connectivity index (χ2n) is 5.40. The van der Waals surface area contributed by atoms with Crippen LogP contribution in [0.1, 0.15) is 19.4 Å². The van der Waals surface area contributed by atoms with Crippen LogP contribution >= 0.6 is 0 Å². The van der Waals surface area contributed by atoms with Crippen LogP contribution in [0.5, 0.6) is 0 Å². The minimum absolute atomic E-state index is 0.0836. The van der Waals surface area contributed by atoms with Crippen LogP contribution in [0.2, 0.25) is 0 Å². The normalized spacial score (nSPS) is 11.8. The first-order chi connectivity index (χ1) is 8.95. The van der Waals surface area contributed by atoms with Crippen molar-refractivity contribution in [2.45, 2.75) is 25.9 Å². The second kappa shape index (κ2) is 5.05. The highest BCUT2D eigenvalue weighted by Gasteiger charge is 2.28. The molecule has 0 saturated heterocycles. The maximum atomic E-state index is 12.3. The average molecular weight is 259 g/mol. The topological polar surface area (TPSA) is 48.1 Å². The van der Waals surface area contributed by atoms with Crippen LogP contribution in [0.4, 0.5) is 0 Å². The van der Waals surface area contributed by atoms with E-state index in [0.29, 0.717) is 6.54 Å². The first kappa shape index (κ1) is 13.6. The van der Waals surface area contributed by atoms with Crippen LogP contribution < -0.4 is 5.32 Å². The molecule has 2 rings (SSSR count). The van der Waals surface area contributed by atoms with Gasteiger partial charge in [-0.1, -0.05) is 18.2 Å². The third-order valence-corrected chi connectivity index (χ3v) is 3.59. The predicted octanol–water partition coefficient (Wildman–Crippen LogP) is 2.12. The van der Waals surface area contributed by atoms with E-state index in [1.807, 2.05) is 45.3 Å². The van der Waals surface area contributed by atoms with Gasteiger partial charge in [0, 0.05) is 30.7 Å². The molecule has 19 heavy (non-hydrogen) atoms. The maximum Gasteiger partial charge on any atom is 0.242 e. The number of amides is 1. The number of fused-ring (bicyclic) bond motifs is 1. The molecule has 0 aliphatic heterocycles. The molecule has 4 heteroatoms. The van der Waals surface area contributed by atoms with Gasteiger partial charge in [0.2, 0.25) is 5.91 Å². The van der Waals surface area contributed by atoms with E-state index in [-0.39, 0.29) is 5.91 Å². The average Bonchev–Trinajstić information content (AvgIpc) is 2.81. The SMILES string of the molecule is CNC(C)(C)C(=O)N(C)Cc1c[nH]c2ccccc12. The summed E-state index contributed by atoms with van der Waals surface area (Å²) >= 11 is 0. The minimum atomic E-state index is -0.541. The Hall–Kier alpha value is -1.81. The smallest absolute Gasteiger partial charge is 0.242 e. The summed E-state index contributed by atoms with van der Waals surface area (Å²) in [4.78, 5) is 17.3. The zero-order valence-electron chi connectivity index (χ0n) is 11.9. The molecule has 102 valence electrons. The predicted molar refractivity (Wildman–Crippen MR) is 77.9 cm³/mol. The molecule has 1 amide bonds. The lowest BCUT2D eigenvalue weighted by Crippen LogP contribution is -2.51. The summed E-state index contributed by atoms with van der Waals surface area (Å²) in [5.41, 5.74) is 1.70. The molecule has 0 bridgehead atoms. The second-order valence-corrected chi connectivity index (χ2v) is 5.40. The maximum absolute atomic E-state index is 12.3. The van der Waals surface area contributed by atoms with Gasteiger partial charge in [0.25, 0.3) is 0 Å². The fraction of sp³-hybridized carbons (Fsp3) is 0.400. The van der Waals surface area contributed by atoms with Gasteiger partial charge < -0.3 is 15.2 Å². The van der Waals surface area contributed by atoms with E-state index in [1.165, 1.54) is 5.39 Å². The summed E-state index contributed by atoms with van der Waals surface area (Å²) in [6.45, 7) is 4.38. The zero-order chi connectivity index (χ0) is 14.0. The number of para-hydroxylation sites is 1. The van der Waals surface area contributed by atoms with E-state index in [2.05, 4.69) is 16.4 Å². The van der Waals surface area contributed by atoms with Gasteiger partial charge in [0.1, 0.15) is 0 Å². The minimum Gasteiger partial charge on any atom is -0.361 e. The van der Waals surface area contributed by atoms with Crippen molar-refractivity contribution in [3.05, 3.63) is 36.0 Å². The van der Waals surface area contributed by atoms with Crippen molar-refractivity contribution in [2.24, 2.45) is 0 Å². The standard InChI is InChI=1S/C15H21N3O/c1-15(2,16-3)14(19)18(4)10-11-9-17-13-8-6-5-7-12(11)13/h5-9,16-17H,10H2,1-4H3. The van der Waals surface area contributed by atoms with Crippen molar-refractivity contribution in [2.75, 3.05) is 14.1 Å². The molecule has 4 nitrogen and oxygen atoms in total.